The molecule has 2 aliphatic rings. The molecule has 2 aliphatic heterocycles. The van der Waals surface area contributed by atoms with Gasteiger partial charge in [-0.05, 0) is 90.6 Å². The highest BCUT2D eigenvalue weighted by atomic mass is 32.1. The molecule has 2 amide bonds. The van der Waals surface area contributed by atoms with Crippen LogP contribution in [0.1, 0.15) is 244 Å². The summed E-state index contributed by atoms with van der Waals surface area (Å²) in [5.74, 6) is 3.75. The molecule has 1 aromatic carbocycles. The third-order valence-electron chi connectivity index (χ3n) is 15.3. The van der Waals surface area contributed by atoms with Crippen LogP contribution in [0.2, 0.25) is 0 Å². The zero-order chi connectivity index (χ0) is 50.5. The number of thiophene rings is 2. The maximum Gasteiger partial charge on any atom is 0.261 e. The van der Waals surface area contributed by atoms with Crippen LogP contribution in [-0.2, 0) is 15.0 Å². The average molecular weight is 1000 g/mol. The fraction of sp³-hybridized carbons (Fsp3) is 0.619. The van der Waals surface area contributed by atoms with Crippen LogP contribution in [0.4, 0.5) is 0 Å². The Morgan fingerprint density at radius 2 is 0.901 bits per heavy atom. The number of carbonyl (C=O) groups excluding carboxylic acids is 2. The highest BCUT2D eigenvalue weighted by molar-refractivity contribution is 7.28. The minimum atomic E-state index is -0.239. The Morgan fingerprint density at radius 3 is 1.37 bits per heavy atom. The number of amides is 2. The first-order valence-corrected chi connectivity index (χ1v) is 30.3. The fourth-order valence-corrected chi connectivity index (χ4v) is 13.5. The smallest absolute Gasteiger partial charge is 0.261 e. The standard InChI is InChI=1S/C63H90N2O4S2/c1-10-14-18-22-24-28-32-45(30-26-20-16-12-3)42-64-57(50-37-36-49(68-50)53-41-48-35-34-47-40-52(44(5)6)70-59(47)60(48)71-53)55-56(62(64)67)58(51-38-39-54(69-51)63(7,8)9)65(61(55)66)43-46(31-27-21-17-13-4)33-29-25-23-19-15-11-2/h34-41,44-46H,10-33,42-43H2,1-9H3. The van der Waals surface area contributed by atoms with E-state index in [1.165, 1.54) is 128 Å². The molecular weight excluding hydrogens is 913 g/mol. The monoisotopic (exact) mass is 1000 g/mol. The number of nitrogens with zero attached hydrogens (tertiary/aromatic N) is 2. The lowest BCUT2D eigenvalue weighted by Crippen LogP contribution is -2.34. The third kappa shape index (κ3) is 13.7. The summed E-state index contributed by atoms with van der Waals surface area (Å²) in [5.41, 5.74) is 2.04. The predicted molar refractivity (Wildman–Crippen MR) is 304 cm³/mol. The molecule has 0 saturated heterocycles. The molecule has 388 valence electrons. The summed E-state index contributed by atoms with van der Waals surface area (Å²) in [6.07, 6.45) is 28.8. The van der Waals surface area contributed by atoms with Gasteiger partial charge in [-0.25, -0.2) is 0 Å². The minimum Gasteiger partial charge on any atom is -0.459 e. The molecule has 8 heteroatoms. The zero-order valence-corrected chi connectivity index (χ0v) is 47.2. The fourth-order valence-electron chi connectivity index (χ4n) is 11.1. The number of carbonyl (C=O) groups is 2. The van der Waals surface area contributed by atoms with E-state index in [9.17, 15) is 0 Å². The molecule has 0 radical (unpaired) electrons. The van der Waals surface area contributed by atoms with Crippen LogP contribution in [0.5, 0.6) is 0 Å². The van der Waals surface area contributed by atoms with E-state index in [1.54, 1.807) is 11.3 Å². The van der Waals surface area contributed by atoms with Crippen LogP contribution >= 0.6 is 22.7 Å². The summed E-state index contributed by atoms with van der Waals surface area (Å²) in [5, 5.41) is 2.50. The van der Waals surface area contributed by atoms with Gasteiger partial charge < -0.3 is 18.6 Å². The van der Waals surface area contributed by atoms with E-state index >= 15 is 9.59 Å². The second-order valence-electron chi connectivity index (χ2n) is 22.7. The highest BCUT2D eigenvalue weighted by Crippen LogP contribution is 2.50. The van der Waals surface area contributed by atoms with Crippen LogP contribution in [-0.4, -0.2) is 34.7 Å². The number of benzene rings is 1. The van der Waals surface area contributed by atoms with Crippen molar-refractivity contribution in [1.82, 2.24) is 9.80 Å². The Morgan fingerprint density at radius 1 is 0.493 bits per heavy atom. The van der Waals surface area contributed by atoms with Crippen molar-refractivity contribution >= 4 is 66.1 Å². The minimum absolute atomic E-state index is 0.0904. The Hall–Kier alpha value is -3.88. The maximum absolute atomic E-state index is 15.8. The van der Waals surface area contributed by atoms with E-state index < -0.39 is 0 Å². The molecule has 0 aliphatic carbocycles. The molecule has 7 rings (SSSR count). The zero-order valence-electron chi connectivity index (χ0n) is 45.6. The normalized spacial score (nSPS) is 15.4. The van der Waals surface area contributed by atoms with Crippen molar-refractivity contribution in [2.24, 2.45) is 11.8 Å². The van der Waals surface area contributed by atoms with E-state index in [0.29, 0.717) is 64.9 Å². The van der Waals surface area contributed by atoms with E-state index in [1.807, 2.05) is 39.3 Å². The molecule has 71 heavy (non-hydrogen) atoms. The van der Waals surface area contributed by atoms with Crippen molar-refractivity contribution in [3.8, 4) is 10.6 Å². The van der Waals surface area contributed by atoms with Crippen molar-refractivity contribution in [2.45, 2.75) is 228 Å². The summed E-state index contributed by atoms with van der Waals surface area (Å²) in [7, 11) is 0. The molecule has 0 bridgehead atoms. The van der Waals surface area contributed by atoms with Gasteiger partial charge in [0.05, 0.1) is 25.4 Å². The first-order valence-electron chi connectivity index (χ1n) is 28.7. The van der Waals surface area contributed by atoms with Crippen LogP contribution in [0.15, 0.2) is 68.5 Å². The number of furan rings is 2. The van der Waals surface area contributed by atoms with Crippen molar-refractivity contribution in [3.63, 3.8) is 0 Å². The lowest BCUT2D eigenvalue weighted by atomic mass is 9.93. The topological polar surface area (TPSA) is 66.9 Å². The third-order valence-corrected chi connectivity index (χ3v) is 18.1. The summed E-state index contributed by atoms with van der Waals surface area (Å²) < 4.78 is 16.4. The van der Waals surface area contributed by atoms with Crippen LogP contribution in [0, 0.1) is 11.8 Å². The molecule has 6 nitrogen and oxygen atoms in total. The van der Waals surface area contributed by atoms with Crippen molar-refractivity contribution in [2.75, 3.05) is 13.1 Å². The van der Waals surface area contributed by atoms with Gasteiger partial charge in [0.2, 0.25) is 0 Å². The average Bonchev–Trinajstić information content (AvgIpc) is 4.22. The Bertz CT molecular complexity index is 2550. The van der Waals surface area contributed by atoms with E-state index in [4.69, 9.17) is 8.83 Å². The summed E-state index contributed by atoms with van der Waals surface area (Å²) in [4.78, 5) is 37.9. The predicted octanol–water partition coefficient (Wildman–Crippen LogP) is 19.9. The first kappa shape index (κ1) is 54.9. The SMILES string of the molecule is CCCCCCCCC(CCCCCC)CN1C(=O)C2=C(c3ccc(C(C)(C)C)o3)N(CC(CCCCCC)CCCCCCCC)C(=O)C2=C1c1ccc(-c2cc3ccc4cc(C(C)C)sc4c3s2)o1. The van der Waals surface area contributed by atoms with Gasteiger partial charge >= 0.3 is 0 Å². The Kier molecular flexibility index (Phi) is 20.4. The van der Waals surface area contributed by atoms with Crippen molar-refractivity contribution in [1.29, 1.82) is 0 Å². The molecular formula is C63H90N2O4S2. The molecule has 0 saturated carbocycles. The van der Waals surface area contributed by atoms with E-state index in [-0.39, 0.29) is 17.2 Å². The van der Waals surface area contributed by atoms with Gasteiger partial charge in [-0.1, -0.05) is 203 Å². The number of hydrogen-bond acceptors (Lipinski definition) is 6. The molecule has 4 aromatic heterocycles. The lowest BCUT2D eigenvalue weighted by Gasteiger charge is -2.29. The van der Waals surface area contributed by atoms with Gasteiger partial charge in [0.15, 0.2) is 11.5 Å². The van der Waals surface area contributed by atoms with E-state index in [0.717, 1.165) is 67.8 Å². The van der Waals surface area contributed by atoms with Crippen molar-refractivity contribution in [3.05, 3.63) is 81.8 Å². The second kappa shape index (κ2) is 26.4. The molecule has 6 heterocycles. The van der Waals surface area contributed by atoms with Crippen LogP contribution < -0.4 is 0 Å². The van der Waals surface area contributed by atoms with Gasteiger partial charge in [0, 0.05) is 23.4 Å². The van der Waals surface area contributed by atoms with Crippen LogP contribution in [0.25, 0.3) is 42.2 Å². The Balaban J connectivity index is 1.32. The number of rotatable bonds is 32. The summed E-state index contributed by atoms with van der Waals surface area (Å²) in [6, 6.07) is 17.2. The number of unbranched alkanes of at least 4 members (excludes halogenated alkanes) is 16. The Labute approximate surface area is 437 Å². The second-order valence-corrected chi connectivity index (χ2v) is 24.9. The number of hydrogen-bond donors (Lipinski definition) is 0. The summed E-state index contributed by atoms with van der Waals surface area (Å²) in [6.45, 7) is 21.2. The first-order chi connectivity index (χ1) is 34.4. The van der Waals surface area contributed by atoms with Gasteiger partial charge in [-0.2, -0.15) is 0 Å². The molecule has 5 aromatic rings. The molecule has 2 unspecified atom stereocenters. The van der Waals surface area contributed by atoms with Crippen LogP contribution in [0.3, 0.4) is 0 Å². The highest BCUT2D eigenvalue weighted by Gasteiger charge is 2.51. The lowest BCUT2D eigenvalue weighted by molar-refractivity contribution is -0.124. The quantitative estimate of drug-likeness (QED) is 0.0403. The van der Waals surface area contributed by atoms with E-state index in [2.05, 4.69) is 92.6 Å². The summed E-state index contributed by atoms with van der Waals surface area (Å²) >= 11 is 3.67. The molecule has 0 spiro atoms. The largest absolute Gasteiger partial charge is 0.459 e. The molecule has 0 fully saturated rings. The number of fused-ring (bicyclic) bond motifs is 4. The van der Waals surface area contributed by atoms with Crippen molar-refractivity contribution < 1.29 is 18.4 Å². The van der Waals surface area contributed by atoms with Gasteiger partial charge in [-0.15, -0.1) is 22.7 Å². The van der Waals surface area contributed by atoms with Gasteiger partial charge in [-0.3, -0.25) is 9.59 Å². The molecule has 2 atom stereocenters. The molecule has 0 N–H and O–H groups in total. The maximum atomic E-state index is 15.8. The van der Waals surface area contributed by atoms with Gasteiger partial charge in [0.1, 0.15) is 22.9 Å². The van der Waals surface area contributed by atoms with Gasteiger partial charge in [0.25, 0.3) is 11.8 Å².